The van der Waals surface area contributed by atoms with E-state index in [1.165, 1.54) is 17.0 Å². The van der Waals surface area contributed by atoms with Crippen molar-refractivity contribution >= 4 is 23.3 Å². The number of carbonyl (C=O) groups excluding carboxylic acids is 2. The Balaban J connectivity index is 1.71. The highest BCUT2D eigenvalue weighted by Gasteiger charge is 2.70. The summed E-state index contributed by atoms with van der Waals surface area (Å²) in [5.41, 5.74) is 0.298. The first-order valence-corrected chi connectivity index (χ1v) is 9.86. The van der Waals surface area contributed by atoms with Crippen LogP contribution in [0, 0.1) is 5.92 Å². The van der Waals surface area contributed by atoms with Crippen molar-refractivity contribution in [2.24, 2.45) is 5.92 Å². The first-order valence-electron chi connectivity index (χ1n) is 9.86. The first kappa shape index (κ1) is 21.1. The summed E-state index contributed by atoms with van der Waals surface area (Å²) in [7, 11) is 0. The Labute approximate surface area is 177 Å². The Bertz CT molecular complexity index is 1050. The molecule has 2 fully saturated rings. The summed E-state index contributed by atoms with van der Waals surface area (Å²) in [6, 6.07) is 7.67. The second-order valence-corrected chi connectivity index (χ2v) is 8.98. The van der Waals surface area contributed by atoms with Gasteiger partial charge in [-0.15, -0.1) is 13.2 Å². The molecule has 0 N–H and O–H groups in total. The van der Waals surface area contributed by atoms with Gasteiger partial charge >= 0.3 is 12.4 Å². The van der Waals surface area contributed by atoms with Crippen LogP contribution in [-0.2, 0) is 10.2 Å². The van der Waals surface area contributed by atoms with Gasteiger partial charge in [0.2, 0.25) is 0 Å². The number of hydrogen-bond acceptors (Lipinski definition) is 4. The number of alkyl halides is 3. The molecule has 1 aliphatic heterocycles. The van der Waals surface area contributed by atoms with Crippen LogP contribution in [0.2, 0.25) is 0 Å². The van der Waals surface area contributed by atoms with Crippen molar-refractivity contribution < 1.29 is 27.5 Å². The predicted molar refractivity (Wildman–Crippen MR) is 108 cm³/mol. The predicted octanol–water partition coefficient (Wildman–Crippen LogP) is 5.03. The minimum absolute atomic E-state index is 0.0481. The molecule has 2 unspecified atom stereocenters. The molecule has 6 nitrogen and oxygen atoms in total. The summed E-state index contributed by atoms with van der Waals surface area (Å²) >= 11 is 0. The number of halogens is 3. The molecular weight excluding hydrogens is 411 g/mol. The quantitative estimate of drug-likeness (QED) is 0.637. The summed E-state index contributed by atoms with van der Waals surface area (Å²) in [6.07, 6.45) is -2.70. The molecule has 1 saturated heterocycles. The number of benzene rings is 1. The summed E-state index contributed by atoms with van der Waals surface area (Å²) in [5, 5.41) is 0. The Morgan fingerprint density at radius 3 is 2.19 bits per heavy atom. The van der Waals surface area contributed by atoms with Crippen molar-refractivity contribution in [2.75, 3.05) is 9.80 Å². The molecule has 164 valence electrons. The summed E-state index contributed by atoms with van der Waals surface area (Å²) in [4.78, 5) is 33.6. The van der Waals surface area contributed by atoms with E-state index in [1.54, 1.807) is 12.3 Å². The lowest BCUT2D eigenvalue weighted by Gasteiger charge is -2.25. The molecule has 1 spiro atoms. The molecule has 2 heterocycles. The van der Waals surface area contributed by atoms with E-state index in [0.29, 0.717) is 12.1 Å². The number of aromatic nitrogens is 1. The van der Waals surface area contributed by atoms with Crippen LogP contribution in [0.25, 0.3) is 0 Å². The van der Waals surface area contributed by atoms with Crippen molar-refractivity contribution in [3.63, 3.8) is 0 Å². The van der Waals surface area contributed by atoms with Crippen molar-refractivity contribution in [3.05, 3.63) is 48.3 Å². The molecule has 4 rings (SSSR count). The summed E-state index contributed by atoms with van der Waals surface area (Å²) in [6.45, 7) is 7.90. The van der Waals surface area contributed by atoms with Crippen molar-refractivity contribution in [2.45, 2.75) is 51.4 Å². The van der Waals surface area contributed by atoms with E-state index in [9.17, 15) is 22.8 Å². The second-order valence-electron chi connectivity index (χ2n) is 8.98. The topological polar surface area (TPSA) is 62.7 Å². The Hall–Kier alpha value is -3.10. The number of nitrogens with zero attached hydrogens (tertiary/aromatic N) is 3. The lowest BCUT2D eigenvalue weighted by atomic mass is 9.91. The number of rotatable bonds is 3. The fourth-order valence-corrected chi connectivity index (χ4v) is 4.00. The normalized spacial score (nSPS) is 23.6. The Morgan fingerprint density at radius 2 is 1.68 bits per heavy atom. The van der Waals surface area contributed by atoms with E-state index in [1.807, 2.05) is 33.8 Å². The summed E-state index contributed by atoms with van der Waals surface area (Å²) in [5.74, 6) is -0.859. The van der Waals surface area contributed by atoms with E-state index in [0.717, 1.165) is 22.7 Å². The molecule has 0 bridgehead atoms. The maximum absolute atomic E-state index is 13.4. The van der Waals surface area contributed by atoms with Gasteiger partial charge in [-0.3, -0.25) is 14.7 Å². The molecule has 2 atom stereocenters. The van der Waals surface area contributed by atoms with Crippen LogP contribution in [0.5, 0.6) is 5.75 Å². The van der Waals surface area contributed by atoms with E-state index in [4.69, 9.17) is 0 Å². The van der Waals surface area contributed by atoms with Crippen LogP contribution >= 0.6 is 0 Å². The zero-order chi connectivity index (χ0) is 22.8. The molecule has 3 amide bonds. The third-order valence-electron chi connectivity index (χ3n) is 5.73. The van der Waals surface area contributed by atoms with Gasteiger partial charge in [-0.2, -0.15) is 0 Å². The number of amides is 3. The molecule has 1 aromatic carbocycles. The molecule has 1 aliphatic carbocycles. The average Bonchev–Trinajstić information content (AvgIpc) is 3.27. The number of imide groups is 1. The Kier molecular flexibility index (Phi) is 4.57. The van der Waals surface area contributed by atoms with Gasteiger partial charge in [-0.05, 0) is 48.7 Å². The molecule has 2 aromatic rings. The van der Waals surface area contributed by atoms with Crippen LogP contribution in [-0.4, -0.2) is 28.8 Å². The molecule has 0 radical (unpaired) electrons. The van der Waals surface area contributed by atoms with Crippen LogP contribution in [0.4, 0.5) is 29.3 Å². The van der Waals surface area contributed by atoms with Crippen molar-refractivity contribution in [3.8, 4) is 5.75 Å². The van der Waals surface area contributed by atoms with Gasteiger partial charge in [0, 0.05) is 17.3 Å². The van der Waals surface area contributed by atoms with Crippen LogP contribution in [0.15, 0.2) is 42.6 Å². The van der Waals surface area contributed by atoms with Crippen molar-refractivity contribution in [1.29, 1.82) is 0 Å². The zero-order valence-electron chi connectivity index (χ0n) is 17.5. The third-order valence-corrected chi connectivity index (χ3v) is 5.73. The fraction of sp³-hybridized carbons (Fsp3) is 0.409. The number of ether oxygens (including phenoxy) is 1. The maximum atomic E-state index is 13.4. The summed E-state index contributed by atoms with van der Waals surface area (Å²) < 4.78 is 41.1. The third kappa shape index (κ3) is 3.51. The standard InChI is InChI=1S/C22H22F3N3O3/c1-13-12-21(13)18(29)27(14-5-7-16(8-6-14)31-22(23,24)25)19(30)28(21)15-9-10-26-17(11-15)20(2,3)4/h5-11,13H,12H2,1-4H3. The van der Waals surface area contributed by atoms with E-state index >= 15 is 0 Å². The van der Waals surface area contributed by atoms with E-state index in [2.05, 4.69) is 9.72 Å². The van der Waals surface area contributed by atoms with Gasteiger partial charge < -0.3 is 4.74 Å². The molecule has 1 saturated carbocycles. The van der Waals surface area contributed by atoms with Gasteiger partial charge in [0.1, 0.15) is 11.3 Å². The highest BCUT2D eigenvalue weighted by molar-refractivity contribution is 6.31. The van der Waals surface area contributed by atoms with E-state index in [-0.39, 0.29) is 22.9 Å². The minimum Gasteiger partial charge on any atom is -0.406 e. The Morgan fingerprint density at radius 1 is 1.06 bits per heavy atom. The number of urea groups is 1. The molecule has 2 aliphatic rings. The zero-order valence-corrected chi connectivity index (χ0v) is 17.5. The van der Waals surface area contributed by atoms with Gasteiger partial charge in [0.25, 0.3) is 5.91 Å². The number of anilines is 2. The smallest absolute Gasteiger partial charge is 0.406 e. The van der Waals surface area contributed by atoms with E-state index < -0.39 is 23.7 Å². The van der Waals surface area contributed by atoms with Gasteiger partial charge in [-0.25, -0.2) is 9.69 Å². The molecule has 1 aromatic heterocycles. The number of carbonyl (C=O) groups is 2. The highest BCUT2D eigenvalue weighted by atomic mass is 19.4. The molecular formula is C22H22F3N3O3. The number of pyridine rings is 1. The minimum atomic E-state index is -4.82. The maximum Gasteiger partial charge on any atom is 0.573 e. The van der Waals surface area contributed by atoms with Crippen LogP contribution in [0.1, 0.15) is 39.8 Å². The van der Waals surface area contributed by atoms with Gasteiger partial charge in [0.15, 0.2) is 0 Å². The first-order chi connectivity index (χ1) is 14.3. The lowest BCUT2D eigenvalue weighted by molar-refractivity contribution is -0.274. The van der Waals surface area contributed by atoms with Gasteiger partial charge in [0.05, 0.1) is 11.4 Å². The SMILES string of the molecule is CC1CC12C(=O)N(c1ccc(OC(F)(F)F)cc1)C(=O)N2c1ccnc(C(C)(C)C)c1. The fourth-order valence-electron chi connectivity index (χ4n) is 4.00. The average molecular weight is 433 g/mol. The second kappa shape index (κ2) is 6.70. The lowest BCUT2D eigenvalue weighted by Crippen LogP contribution is -2.39. The van der Waals surface area contributed by atoms with Crippen LogP contribution in [0.3, 0.4) is 0 Å². The van der Waals surface area contributed by atoms with Gasteiger partial charge in [-0.1, -0.05) is 27.7 Å². The molecule has 9 heteroatoms. The number of hydrogen-bond donors (Lipinski definition) is 0. The van der Waals surface area contributed by atoms with Crippen LogP contribution < -0.4 is 14.5 Å². The largest absolute Gasteiger partial charge is 0.573 e. The highest BCUT2D eigenvalue weighted by Crippen LogP contribution is 2.55. The monoisotopic (exact) mass is 433 g/mol. The molecule has 31 heavy (non-hydrogen) atoms. The van der Waals surface area contributed by atoms with Crippen molar-refractivity contribution in [1.82, 2.24) is 4.98 Å².